The molecule has 3 rings (SSSR count). The largest absolute Gasteiger partial charge is 0.497 e. The maximum Gasteiger partial charge on any atom is 0.254 e. The van der Waals surface area contributed by atoms with E-state index in [1.54, 1.807) is 18.1 Å². The summed E-state index contributed by atoms with van der Waals surface area (Å²) in [6, 6.07) is 12.2. The van der Waals surface area contributed by atoms with Gasteiger partial charge in [0.2, 0.25) is 0 Å². The number of rotatable bonds is 4. The van der Waals surface area contributed by atoms with Crippen LogP contribution in [0.1, 0.15) is 10.4 Å². The van der Waals surface area contributed by atoms with E-state index in [0.29, 0.717) is 18.7 Å². The molecule has 1 aliphatic rings. The fourth-order valence-electron chi connectivity index (χ4n) is 2.94. The summed E-state index contributed by atoms with van der Waals surface area (Å²) in [5.74, 6) is 0.279. The van der Waals surface area contributed by atoms with Crippen LogP contribution in [0, 0.1) is 5.82 Å². The highest BCUT2D eigenvalue weighted by atomic mass is 19.1. The molecule has 1 aliphatic heterocycles. The molecule has 0 unspecified atom stereocenters. The van der Waals surface area contributed by atoms with Gasteiger partial charge >= 0.3 is 0 Å². The fraction of sp³-hybridized carbons (Fsp3) is 0.316. The number of hydrogen-bond donors (Lipinski definition) is 0. The van der Waals surface area contributed by atoms with Crippen LogP contribution in [0.25, 0.3) is 0 Å². The number of ether oxygens (including phenoxy) is 2. The van der Waals surface area contributed by atoms with Crippen LogP contribution in [-0.4, -0.2) is 51.2 Å². The van der Waals surface area contributed by atoms with Gasteiger partial charge in [0, 0.05) is 37.4 Å². The van der Waals surface area contributed by atoms with E-state index in [1.807, 2.05) is 24.3 Å². The Balaban J connectivity index is 1.63. The summed E-state index contributed by atoms with van der Waals surface area (Å²) in [6.07, 6.45) is 0. The molecule has 25 heavy (non-hydrogen) atoms. The van der Waals surface area contributed by atoms with E-state index in [9.17, 15) is 9.18 Å². The molecule has 1 amide bonds. The van der Waals surface area contributed by atoms with E-state index in [1.165, 1.54) is 19.2 Å². The maximum atomic E-state index is 13.8. The third-order valence-electron chi connectivity index (χ3n) is 4.40. The molecule has 1 fully saturated rings. The molecule has 0 radical (unpaired) electrons. The lowest BCUT2D eigenvalue weighted by Crippen LogP contribution is -2.48. The van der Waals surface area contributed by atoms with Crippen LogP contribution in [0.3, 0.4) is 0 Å². The molecule has 6 heteroatoms. The van der Waals surface area contributed by atoms with Crippen molar-refractivity contribution in [3.63, 3.8) is 0 Å². The van der Waals surface area contributed by atoms with Gasteiger partial charge in [-0.2, -0.15) is 0 Å². The van der Waals surface area contributed by atoms with Crippen molar-refractivity contribution in [2.75, 3.05) is 45.3 Å². The highest BCUT2D eigenvalue weighted by molar-refractivity contribution is 5.94. The number of methoxy groups -OCH3 is 2. The van der Waals surface area contributed by atoms with E-state index < -0.39 is 5.82 Å². The number of hydrogen-bond acceptors (Lipinski definition) is 4. The molecule has 0 spiro atoms. The van der Waals surface area contributed by atoms with Gasteiger partial charge in [0.25, 0.3) is 5.91 Å². The normalized spacial score (nSPS) is 14.4. The Labute approximate surface area is 146 Å². The minimum atomic E-state index is -0.523. The molecule has 2 aromatic carbocycles. The van der Waals surface area contributed by atoms with Gasteiger partial charge in [0.1, 0.15) is 5.75 Å². The van der Waals surface area contributed by atoms with Gasteiger partial charge in [-0.3, -0.25) is 4.79 Å². The summed E-state index contributed by atoms with van der Waals surface area (Å²) in [6.45, 7) is 2.66. The summed E-state index contributed by atoms with van der Waals surface area (Å²) in [7, 11) is 3.04. The first-order valence-electron chi connectivity index (χ1n) is 8.14. The summed E-state index contributed by atoms with van der Waals surface area (Å²) in [4.78, 5) is 16.5. The number of amides is 1. The highest BCUT2D eigenvalue weighted by Crippen LogP contribution is 2.22. The van der Waals surface area contributed by atoms with Gasteiger partial charge < -0.3 is 19.3 Å². The van der Waals surface area contributed by atoms with Crippen LogP contribution in [0.2, 0.25) is 0 Å². The lowest BCUT2D eigenvalue weighted by Gasteiger charge is -2.36. The van der Waals surface area contributed by atoms with Gasteiger partial charge in [-0.15, -0.1) is 0 Å². The Morgan fingerprint density at radius 3 is 2.20 bits per heavy atom. The molecule has 5 nitrogen and oxygen atoms in total. The van der Waals surface area contributed by atoms with Crippen molar-refractivity contribution < 1.29 is 18.7 Å². The number of carbonyl (C=O) groups excluding carboxylic acids is 1. The number of piperazine rings is 1. The second-order valence-corrected chi connectivity index (χ2v) is 5.83. The molecule has 0 aliphatic carbocycles. The zero-order chi connectivity index (χ0) is 17.8. The summed E-state index contributed by atoms with van der Waals surface area (Å²) < 4.78 is 23.9. The van der Waals surface area contributed by atoms with Gasteiger partial charge in [0.15, 0.2) is 11.6 Å². The number of halogens is 1. The smallest absolute Gasteiger partial charge is 0.254 e. The summed E-state index contributed by atoms with van der Waals surface area (Å²) in [5.41, 5.74) is 1.44. The average Bonchev–Trinajstić information content (AvgIpc) is 2.67. The Bertz CT molecular complexity index is 741. The van der Waals surface area contributed by atoms with Crippen molar-refractivity contribution >= 4 is 11.6 Å². The van der Waals surface area contributed by atoms with E-state index in [2.05, 4.69) is 4.90 Å². The predicted molar refractivity (Wildman–Crippen MR) is 94.1 cm³/mol. The Kier molecular flexibility index (Phi) is 5.07. The van der Waals surface area contributed by atoms with Crippen molar-refractivity contribution in [1.82, 2.24) is 4.90 Å². The molecular weight excluding hydrogens is 323 g/mol. The molecule has 0 atom stereocenters. The minimum Gasteiger partial charge on any atom is -0.497 e. The molecule has 132 valence electrons. The second-order valence-electron chi connectivity index (χ2n) is 5.83. The summed E-state index contributed by atoms with van der Waals surface area (Å²) >= 11 is 0. The lowest BCUT2D eigenvalue weighted by atomic mass is 10.1. The fourth-order valence-corrected chi connectivity index (χ4v) is 2.94. The van der Waals surface area contributed by atoms with Gasteiger partial charge in [-0.05, 0) is 42.5 Å². The van der Waals surface area contributed by atoms with Crippen LogP contribution >= 0.6 is 0 Å². The average molecular weight is 344 g/mol. The minimum absolute atomic E-state index is 0.140. The molecule has 1 heterocycles. The van der Waals surface area contributed by atoms with Crippen molar-refractivity contribution in [3.8, 4) is 11.5 Å². The van der Waals surface area contributed by atoms with E-state index >= 15 is 0 Å². The zero-order valence-corrected chi connectivity index (χ0v) is 14.4. The molecule has 2 aromatic rings. The topological polar surface area (TPSA) is 42.0 Å². The van der Waals surface area contributed by atoms with E-state index in [0.717, 1.165) is 24.5 Å². The first-order valence-corrected chi connectivity index (χ1v) is 8.14. The molecule has 0 aromatic heterocycles. The van der Waals surface area contributed by atoms with Crippen LogP contribution < -0.4 is 14.4 Å². The number of anilines is 1. The zero-order valence-electron chi connectivity index (χ0n) is 14.4. The van der Waals surface area contributed by atoms with E-state index in [4.69, 9.17) is 9.47 Å². The van der Waals surface area contributed by atoms with Crippen molar-refractivity contribution in [1.29, 1.82) is 0 Å². The SMILES string of the molecule is COc1ccc(N2CCN(C(=O)c3ccc(OC)c(F)c3)CC2)cc1. The monoisotopic (exact) mass is 344 g/mol. The first kappa shape index (κ1) is 17.1. The van der Waals surface area contributed by atoms with E-state index in [-0.39, 0.29) is 11.7 Å². The highest BCUT2D eigenvalue weighted by Gasteiger charge is 2.23. The Morgan fingerprint density at radius 1 is 0.960 bits per heavy atom. The second kappa shape index (κ2) is 7.42. The molecule has 0 N–H and O–H groups in total. The van der Waals surface area contributed by atoms with Crippen LogP contribution in [-0.2, 0) is 0 Å². The van der Waals surface area contributed by atoms with Gasteiger partial charge in [0.05, 0.1) is 14.2 Å². The van der Waals surface area contributed by atoms with Crippen molar-refractivity contribution in [3.05, 3.63) is 53.8 Å². The molecule has 0 bridgehead atoms. The molecule has 0 saturated carbocycles. The first-order chi connectivity index (χ1) is 12.1. The third-order valence-corrected chi connectivity index (χ3v) is 4.40. The third kappa shape index (κ3) is 3.68. The predicted octanol–water partition coefficient (Wildman–Crippen LogP) is 2.81. The maximum absolute atomic E-state index is 13.8. The molecule has 1 saturated heterocycles. The quantitative estimate of drug-likeness (QED) is 0.855. The standard InChI is InChI=1S/C19H21FN2O3/c1-24-16-6-4-15(5-7-16)21-9-11-22(12-10-21)19(23)14-3-8-18(25-2)17(20)13-14/h3-8,13H,9-12H2,1-2H3. The number of benzene rings is 2. The van der Waals surface area contributed by atoms with Crippen LogP contribution in [0.5, 0.6) is 11.5 Å². The number of nitrogens with zero attached hydrogens (tertiary/aromatic N) is 2. The molecular formula is C19H21FN2O3. The van der Waals surface area contributed by atoms with Crippen molar-refractivity contribution in [2.45, 2.75) is 0 Å². The van der Waals surface area contributed by atoms with Crippen LogP contribution in [0.4, 0.5) is 10.1 Å². The lowest BCUT2D eigenvalue weighted by molar-refractivity contribution is 0.0746. The van der Waals surface area contributed by atoms with Crippen molar-refractivity contribution in [2.24, 2.45) is 0 Å². The number of carbonyl (C=O) groups is 1. The Hall–Kier alpha value is -2.76. The van der Waals surface area contributed by atoms with Gasteiger partial charge in [-0.1, -0.05) is 0 Å². The Morgan fingerprint density at radius 2 is 1.64 bits per heavy atom. The van der Waals surface area contributed by atoms with Crippen LogP contribution in [0.15, 0.2) is 42.5 Å². The van der Waals surface area contributed by atoms with Gasteiger partial charge in [-0.25, -0.2) is 4.39 Å². The summed E-state index contributed by atoms with van der Waals surface area (Å²) in [5, 5.41) is 0.